The molecule has 1 aliphatic carbocycles. The molecule has 0 spiro atoms. The zero-order chi connectivity index (χ0) is 23.2. The summed E-state index contributed by atoms with van der Waals surface area (Å²) in [4.78, 5) is 16.2. The molecule has 1 saturated carbocycles. The van der Waals surface area contributed by atoms with Gasteiger partial charge >= 0.3 is 0 Å². The Kier molecular flexibility index (Phi) is 12.2. The molecule has 0 aliphatic heterocycles. The van der Waals surface area contributed by atoms with Crippen LogP contribution in [0.25, 0.3) is 10.9 Å². The molecular weight excluding hydrogens is 406 g/mol. The van der Waals surface area contributed by atoms with Gasteiger partial charge in [0.25, 0.3) is 5.56 Å². The predicted octanol–water partition coefficient (Wildman–Crippen LogP) is 6.57. The van der Waals surface area contributed by atoms with E-state index in [1.54, 1.807) is 24.0 Å². The van der Waals surface area contributed by atoms with E-state index in [9.17, 15) is 4.79 Å². The second-order valence-electron chi connectivity index (χ2n) is 6.83. The predicted molar refractivity (Wildman–Crippen MR) is 133 cm³/mol. The van der Waals surface area contributed by atoms with E-state index in [4.69, 9.17) is 5.26 Å². The second-order valence-corrected chi connectivity index (χ2v) is 7.70. The van der Waals surface area contributed by atoms with Gasteiger partial charge < -0.3 is 10.3 Å². The largest absolute Gasteiger partial charge is 0.338 e. The van der Waals surface area contributed by atoms with Gasteiger partial charge in [-0.2, -0.15) is 10.4 Å². The highest BCUT2D eigenvalue weighted by molar-refractivity contribution is 7.98. The van der Waals surface area contributed by atoms with Crippen molar-refractivity contribution < 1.29 is 0 Å². The highest BCUT2D eigenvalue weighted by Gasteiger charge is 2.24. The van der Waals surface area contributed by atoms with Crippen LogP contribution in [0.2, 0.25) is 0 Å². The molecular formula is C24H35N5OS. The lowest BCUT2D eigenvalue weighted by Gasteiger charge is -2.04. The third-order valence-corrected chi connectivity index (χ3v) is 4.90. The zero-order valence-corrected chi connectivity index (χ0v) is 20.3. The SMILES string of the molecule is CC.CC#N.CCC.CSc1ccc(Nc2nn(CC3CC3)c3cc[nH]c(=O)c23)cc1. The summed E-state index contributed by atoms with van der Waals surface area (Å²) in [5.41, 5.74) is 1.72. The Morgan fingerprint density at radius 2 is 1.81 bits per heavy atom. The van der Waals surface area contributed by atoms with E-state index >= 15 is 0 Å². The van der Waals surface area contributed by atoms with Crippen LogP contribution in [0.5, 0.6) is 0 Å². The normalized spacial score (nSPS) is 11.6. The van der Waals surface area contributed by atoms with Gasteiger partial charge in [0.15, 0.2) is 5.82 Å². The number of aromatic nitrogens is 3. The third kappa shape index (κ3) is 8.14. The first kappa shape index (κ1) is 26.3. The zero-order valence-electron chi connectivity index (χ0n) is 19.5. The van der Waals surface area contributed by atoms with Gasteiger partial charge in [0.1, 0.15) is 5.39 Å². The molecule has 4 rings (SSSR count). The van der Waals surface area contributed by atoms with Crippen molar-refractivity contribution in [1.82, 2.24) is 14.8 Å². The van der Waals surface area contributed by atoms with Crippen LogP contribution in [0.4, 0.5) is 11.5 Å². The van der Waals surface area contributed by atoms with Gasteiger partial charge in [0.2, 0.25) is 0 Å². The van der Waals surface area contributed by atoms with Crippen LogP contribution >= 0.6 is 11.8 Å². The van der Waals surface area contributed by atoms with Gasteiger partial charge in [-0.3, -0.25) is 9.48 Å². The lowest BCUT2D eigenvalue weighted by atomic mass is 10.3. The summed E-state index contributed by atoms with van der Waals surface area (Å²) in [5, 5.41) is 15.9. The number of hydrogen-bond acceptors (Lipinski definition) is 5. The van der Waals surface area contributed by atoms with Crippen LogP contribution in [0.1, 0.15) is 53.9 Å². The number of H-pyrrole nitrogens is 1. The van der Waals surface area contributed by atoms with E-state index in [-0.39, 0.29) is 5.56 Å². The standard InChI is InChI=1S/C17H18N4OS.C3H8.C2H3N.C2H6/c1-23-13-6-4-12(5-7-13)19-16-15-14(8-9-18-17(15)22)21(20-16)10-11-2-3-11;1-3-2;1-2-3;1-2/h4-9,11H,2-3,10H2,1H3,(H,18,22)(H,19,20);3H2,1-2H3;1H3;1-2H3. The first-order chi connectivity index (χ1) is 15.1. The van der Waals surface area contributed by atoms with Crippen molar-refractivity contribution in [3.8, 4) is 6.07 Å². The van der Waals surface area contributed by atoms with Gasteiger partial charge in [0.05, 0.1) is 11.6 Å². The molecule has 0 saturated heterocycles. The lowest BCUT2D eigenvalue weighted by Crippen LogP contribution is -2.06. The molecule has 7 heteroatoms. The molecule has 0 atom stereocenters. The second kappa shape index (κ2) is 14.3. The average Bonchev–Trinajstić information content (AvgIpc) is 3.53. The van der Waals surface area contributed by atoms with Crippen molar-refractivity contribution in [2.75, 3.05) is 11.6 Å². The highest BCUT2D eigenvalue weighted by Crippen LogP contribution is 2.32. The number of aromatic amines is 1. The summed E-state index contributed by atoms with van der Waals surface area (Å²) in [7, 11) is 0. The minimum atomic E-state index is -0.104. The summed E-state index contributed by atoms with van der Waals surface area (Å²) >= 11 is 1.70. The van der Waals surface area contributed by atoms with Crippen LogP contribution in [-0.4, -0.2) is 21.0 Å². The van der Waals surface area contributed by atoms with Crippen molar-refractivity contribution in [2.24, 2.45) is 5.92 Å². The Morgan fingerprint density at radius 1 is 1.23 bits per heavy atom. The van der Waals surface area contributed by atoms with Gasteiger partial charge in [-0.25, -0.2) is 0 Å². The summed E-state index contributed by atoms with van der Waals surface area (Å²) < 4.78 is 1.96. The van der Waals surface area contributed by atoms with Crippen molar-refractivity contribution in [1.29, 1.82) is 5.26 Å². The summed E-state index contributed by atoms with van der Waals surface area (Å²) in [6.07, 6.45) is 7.49. The van der Waals surface area contributed by atoms with Crippen LogP contribution in [-0.2, 0) is 6.54 Å². The number of fused-ring (bicyclic) bond motifs is 1. The maximum absolute atomic E-state index is 12.3. The maximum Gasteiger partial charge on any atom is 0.261 e. The number of nitrogens with zero attached hydrogens (tertiary/aromatic N) is 3. The Labute approximate surface area is 190 Å². The Hall–Kier alpha value is -2.72. The van der Waals surface area contributed by atoms with Crippen molar-refractivity contribution in [2.45, 2.75) is 65.3 Å². The highest BCUT2D eigenvalue weighted by atomic mass is 32.2. The molecule has 2 aromatic heterocycles. The Morgan fingerprint density at radius 3 is 2.32 bits per heavy atom. The molecule has 2 N–H and O–H groups in total. The molecule has 1 aromatic carbocycles. The molecule has 0 radical (unpaired) electrons. The minimum absolute atomic E-state index is 0.104. The number of benzene rings is 1. The molecule has 31 heavy (non-hydrogen) atoms. The minimum Gasteiger partial charge on any atom is -0.338 e. The Bertz CT molecular complexity index is 997. The summed E-state index contributed by atoms with van der Waals surface area (Å²) in [5.74, 6) is 1.32. The van der Waals surface area contributed by atoms with E-state index in [0.717, 1.165) is 17.7 Å². The molecule has 1 aliphatic rings. The number of nitrogens with one attached hydrogen (secondary N) is 2. The molecule has 2 heterocycles. The number of thioether (sulfide) groups is 1. The fraction of sp³-hybridized carbons (Fsp3) is 0.458. The number of rotatable bonds is 5. The third-order valence-electron chi connectivity index (χ3n) is 4.16. The first-order valence-electron chi connectivity index (χ1n) is 10.9. The molecule has 1 fully saturated rings. The van der Waals surface area contributed by atoms with E-state index in [2.05, 4.69) is 47.6 Å². The van der Waals surface area contributed by atoms with Crippen molar-refractivity contribution >= 4 is 34.2 Å². The Balaban J connectivity index is 0.000000531. The van der Waals surface area contributed by atoms with Gasteiger partial charge in [-0.1, -0.05) is 34.1 Å². The quantitative estimate of drug-likeness (QED) is 0.437. The van der Waals surface area contributed by atoms with Crippen LogP contribution in [0.3, 0.4) is 0 Å². The number of pyridine rings is 1. The lowest BCUT2D eigenvalue weighted by molar-refractivity contribution is 0.582. The van der Waals surface area contributed by atoms with Gasteiger partial charge in [0, 0.05) is 30.2 Å². The van der Waals surface area contributed by atoms with Gasteiger partial charge in [-0.05, 0) is 55.3 Å². The number of anilines is 2. The first-order valence-corrected chi connectivity index (χ1v) is 12.1. The summed E-state index contributed by atoms with van der Waals surface area (Å²) in [6.45, 7) is 10.6. The van der Waals surface area contributed by atoms with E-state index in [1.165, 1.54) is 31.1 Å². The van der Waals surface area contributed by atoms with E-state index in [0.29, 0.717) is 17.1 Å². The molecule has 3 aromatic rings. The van der Waals surface area contributed by atoms with Crippen molar-refractivity contribution in [3.05, 3.63) is 46.9 Å². The monoisotopic (exact) mass is 441 g/mol. The summed E-state index contributed by atoms with van der Waals surface area (Å²) in [6, 6.07) is 11.8. The van der Waals surface area contributed by atoms with Crippen LogP contribution < -0.4 is 10.9 Å². The van der Waals surface area contributed by atoms with Crippen molar-refractivity contribution in [3.63, 3.8) is 0 Å². The molecule has 0 bridgehead atoms. The molecule has 0 amide bonds. The molecule has 6 nitrogen and oxygen atoms in total. The van der Waals surface area contributed by atoms with E-state index < -0.39 is 0 Å². The number of hydrogen-bond donors (Lipinski definition) is 2. The van der Waals surface area contributed by atoms with Crippen LogP contribution in [0.15, 0.2) is 46.2 Å². The molecule has 168 valence electrons. The fourth-order valence-electron chi connectivity index (χ4n) is 2.72. The average molecular weight is 442 g/mol. The molecule has 0 unspecified atom stereocenters. The fourth-order valence-corrected chi connectivity index (χ4v) is 3.13. The van der Waals surface area contributed by atoms with E-state index in [1.807, 2.05) is 36.7 Å². The number of nitriles is 1. The van der Waals surface area contributed by atoms with Gasteiger partial charge in [-0.15, -0.1) is 11.8 Å². The van der Waals surface area contributed by atoms with Crippen LogP contribution in [0, 0.1) is 17.2 Å². The topological polar surface area (TPSA) is 86.5 Å². The maximum atomic E-state index is 12.3. The smallest absolute Gasteiger partial charge is 0.261 e.